The molecule has 2 aromatic rings. The first-order valence-corrected chi connectivity index (χ1v) is 6.60. The monoisotopic (exact) mass is 325 g/mol. The molecule has 0 fully saturated rings. The molecular weight excluding hydrogens is 314 g/mol. The Kier molecular flexibility index (Phi) is 4.62. The largest absolute Gasteiger partial charge is 0.489 e. The number of imidazole rings is 1. The van der Waals surface area contributed by atoms with Crippen LogP contribution >= 0.6 is 11.6 Å². The van der Waals surface area contributed by atoms with Gasteiger partial charge < -0.3 is 20.0 Å². The van der Waals surface area contributed by atoms with Gasteiger partial charge in [0.1, 0.15) is 30.7 Å². The Morgan fingerprint density at radius 3 is 2.91 bits per heavy atom. The van der Waals surface area contributed by atoms with Gasteiger partial charge >= 0.3 is 11.8 Å². The Bertz CT molecular complexity index is 728. The summed E-state index contributed by atoms with van der Waals surface area (Å²) in [5, 5.41) is 20.2. The van der Waals surface area contributed by atoms with Crippen molar-refractivity contribution in [1.29, 1.82) is 0 Å². The van der Waals surface area contributed by atoms with Crippen LogP contribution in [0, 0.1) is 17.0 Å². The minimum Gasteiger partial charge on any atom is -0.489 e. The molecule has 0 radical (unpaired) electrons. The molecule has 0 saturated heterocycles. The smallest absolute Gasteiger partial charge is 0.342 e. The highest BCUT2D eigenvalue weighted by molar-refractivity contribution is 6.31. The molecule has 116 valence electrons. The molecule has 0 aliphatic carbocycles. The van der Waals surface area contributed by atoms with E-state index in [4.69, 9.17) is 21.4 Å². The molecule has 1 aromatic heterocycles. The van der Waals surface area contributed by atoms with Gasteiger partial charge in [-0.2, -0.15) is 0 Å². The highest BCUT2D eigenvalue weighted by Gasteiger charge is 2.18. The number of hydrogen-bond acceptors (Lipinski definition) is 5. The van der Waals surface area contributed by atoms with E-state index in [1.54, 1.807) is 6.92 Å². The topological polar surface area (TPSA) is 107 Å². The molecule has 0 spiro atoms. The summed E-state index contributed by atoms with van der Waals surface area (Å²) in [6.45, 7) is 1.86. The summed E-state index contributed by atoms with van der Waals surface area (Å²) < 4.78 is 6.79. The number of aromatic carboxylic acids is 1. The van der Waals surface area contributed by atoms with Gasteiger partial charge in [-0.05, 0) is 23.1 Å². The Balaban J connectivity index is 2.11. The maximum Gasteiger partial charge on any atom is 0.342 e. The van der Waals surface area contributed by atoms with Crippen molar-refractivity contribution in [3.8, 4) is 5.75 Å². The number of carbonyl (C=O) groups is 1. The average molecular weight is 326 g/mol. The quantitative estimate of drug-likeness (QED) is 0.646. The summed E-state index contributed by atoms with van der Waals surface area (Å²) in [7, 11) is 0. The third-order valence-corrected chi connectivity index (χ3v) is 3.20. The molecule has 0 amide bonds. The fraction of sp³-hybridized carbons (Fsp3) is 0.231. The number of nitro groups is 1. The standard InChI is InChI=1S/C13H12ClN3O5/c1-8-15-7-12(17(20)21)16(8)4-5-22-11-3-2-9(14)6-10(11)13(18)19/h2-3,6-7H,4-5H2,1H3,(H,18,19). The summed E-state index contributed by atoms with van der Waals surface area (Å²) in [6.07, 6.45) is 1.17. The van der Waals surface area contributed by atoms with Crippen LogP contribution in [0.15, 0.2) is 24.4 Å². The molecule has 22 heavy (non-hydrogen) atoms. The number of benzene rings is 1. The molecule has 9 heteroatoms. The third-order valence-electron chi connectivity index (χ3n) is 2.97. The molecule has 1 N–H and O–H groups in total. The van der Waals surface area contributed by atoms with Gasteiger partial charge in [-0.25, -0.2) is 14.3 Å². The van der Waals surface area contributed by atoms with E-state index in [-0.39, 0.29) is 35.3 Å². The number of aryl methyl sites for hydroxylation is 1. The SMILES string of the molecule is Cc1ncc([N+](=O)[O-])n1CCOc1ccc(Cl)cc1C(=O)O. The van der Waals surface area contributed by atoms with Crippen molar-refractivity contribution in [2.45, 2.75) is 13.5 Å². The zero-order chi connectivity index (χ0) is 16.3. The minimum atomic E-state index is -1.16. The van der Waals surface area contributed by atoms with Crippen LogP contribution in [-0.2, 0) is 6.54 Å². The Hall–Kier alpha value is -2.61. The lowest BCUT2D eigenvalue weighted by molar-refractivity contribution is -0.392. The molecule has 0 atom stereocenters. The second-order valence-electron chi connectivity index (χ2n) is 4.37. The van der Waals surface area contributed by atoms with Crippen molar-refractivity contribution in [2.75, 3.05) is 6.61 Å². The van der Waals surface area contributed by atoms with E-state index >= 15 is 0 Å². The molecule has 0 aliphatic heterocycles. The lowest BCUT2D eigenvalue weighted by Gasteiger charge is -2.09. The molecule has 0 aliphatic rings. The zero-order valence-electron chi connectivity index (χ0n) is 11.5. The number of nitrogens with zero attached hydrogens (tertiary/aromatic N) is 3. The highest BCUT2D eigenvalue weighted by atomic mass is 35.5. The van der Waals surface area contributed by atoms with Gasteiger partial charge in [0.25, 0.3) is 0 Å². The number of halogens is 1. The first kappa shape index (κ1) is 15.8. The van der Waals surface area contributed by atoms with Crippen LogP contribution in [0.4, 0.5) is 5.82 Å². The maximum atomic E-state index is 11.1. The van der Waals surface area contributed by atoms with Crippen molar-refractivity contribution < 1.29 is 19.6 Å². The van der Waals surface area contributed by atoms with E-state index in [0.717, 1.165) is 0 Å². The Morgan fingerprint density at radius 2 is 2.27 bits per heavy atom. The van der Waals surface area contributed by atoms with Gasteiger partial charge in [0.15, 0.2) is 5.82 Å². The van der Waals surface area contributed by atoms with Crippen LogP contribution in [0.25, 0.3) is 0 Å². The molecule has 0 bridgehead atoms. The van der Waals surface area contributed by atoms with E-state index in [1.807, 2.05) is 0 Å². The molecule has 1 aromatic carbocycles. The predicted octanol–water partition coefficient (Wildman–Crippen LogP) is 2.53. The van der Waals surface area contributed by atoms with E-state index in [9.17, 15) is 14.9 Å². The lowest BCUT2D eigenvalue weighted by Crippen LogP contribution is -2.13. The van der Waals surface area contributed by atoms with Gasteiger partial charge in [-0.15, -0.1) is 0 Å². The predicted molar refractivity (Wildman–Crippen MR) is 77.5 cm³/mol. The number of carboxylic acids is 1. The summed E-state index contributed by atoms with van der Waals surface area (Å²) in [6, 6.07) is 4.24. The summed E-state index contributed by atoms with van der Waals surface area (Å²) in [5.74, 6) is -0.680. The number of hydrogen-bond donors (Lipinski definition) is 1. The van der Waals surface area contributed by atoms with Crippen LogP contribution in [0.3, 0.4) is 0 Å². The molecule has 0 saturated carbocycles. The van der Waals surface area contributed by atoms with Crippen molar-refractivity contribution in [1.82, 2.24) is 9.55 Å². The number of carboxylic acid groups (broad SMARTS) is 1. The van der Waals surface area contributed by atoms with Crippen molar-refractivity contribution in [2.24, 2.45) is 0 Å². The summed E-state index contributed by atoms with van der Waals surface area (Å²) >= 11 is 5.75. The van der Waals surface area contributed by atoms with E-state index < -0.39 is 10.9 Å². The Labute approximate surface area is 130 Å². The average Bonchev–Trinajstić information content (AvgIpc) is 2.82. The summed E-state index contributed by atoms with van der Waals surface area (Å²) in [5.41, 5.74) is -0.0654. The van der Waals surface area contributed by atoms with Gasteiger partial charge in [-0.3, -0.25) is 0 Å². The first-order chi connectivity index (χ1) is 10.4. The van der Waals surface area contributed by atoms with Crippen LogP contribution in [0.2, 0.25) is 5.02 Å². The van der Waals surface area contributed by atoms with Gasteiger partial charge in [0.05, 0.1) is 0 Å². The van der Waals surface area contributed by atoms with Gasteiger partial charge in [-0.1, -0.05) is 11.6 Å². The fourth-order valence-electron chi connectivity index (χ4n) is 1.92. The van der Waals surface area contributed by atoms with Crippen LogP contribution in [0.1, 0.15) is 16.2 Å². The Morgan fingerprint density at radius 1 is 1.55 bits per heavy atom. The van der Waals surface area contributed by atoms with E-state index in [0.29, 0.717) is 5.82 Å². The number of ether oxygens (including phenoxy) is 1. The van der Waals surface area contributed by atoms with E-state index in [1.165, 1.54) is 29.0 Å². The second kappa shape index (κ2) is 6.44. The van der Waals surface area contributed by atoms with Crippen LogP contribution in [-0.4, -0.2) is 32.2 Å². The third kappa shape index (κ3) is 3.34. The highest BCUT2D eigenvalue weighted by Crippen LogP contribution is 2.23. The van der Waals surface area contributed by atoms with Gasteiger partial charge in [0, 0.05) is 11.9 Å². The zero-order valence-corrected chi connectivity index (χ0v) is 12.3. The van der Waals surface area contributed by atoms with Crippen LogP contribution < -0.4 is 4.74 Å². The second-order valence-corrected chi connectivity index (χ2v) is 4.80. The maximum absolute atomic E-state index is 11.1. The molecule has 2 rings (SSSR count). The number of rotatable bonds is 6. The number of aromatic nitrogens is 2. The van der Waals surface area contributed by atoms with Gasteiger partial charge in [0.2, 0.25) is 0 Å². The minimum absolute atomic E-state index is 0.0555. The normalized spacial score (nSPS) is 10.5. The van der Waals surface area contributed by atoms with Crippen molar-refractivity contribution >= 4 is 23.4 Å². The van der Waals surface area contributed by atoms with Crippen LogP contribution in [0.5, 0.6) is 5.75 Å². The fourth-order valence-corrected chi connectivity index (χ4v) is 2.09. The summed E-state index contributed by atoms with van der Waals surface area (Å²) in [4.78, 5) is 25.3. The molecular formula is C13H12ClN3O5. The first-order valence-electron chi connectivity index (χ1n) is 6.22. The molecule has 8 nitrogen and oxygen atoms in total. The van der Waals surface area contributed by atoms with Crippen molar-refractivity contribution in [3.63, 3.8) is 0 Å². The molecule has 1 heterocycles. The lowest BCUT2D eigenvalue weighted by atomic mass is 10.2. The molecule has 0 unspecified atom stereocenters. The van der Waals surface area contributed by atoms with Crippen molar-refractivity contribution in [3.05, 3.63) is 50.9 Å². The van der Waals surface area contributed by atoms with E-state index in [2.05, 4.69) is 4.98 Å².